The molecule has 2 aromatic rings. The summed E-state index contributed by atoms with van der Waals surface area (Å²) in [5.74, 6) is -5.93. The molecule has 0 radical (unpaired) electrons. The number of thiol groups is 1. The van der Waals surface area contributed by atoms with Gasteiger partial charge in [0.05, 0.1) is 12.5 Å². The molecule has 14 nitrogen and oxygen atoms in total. The maximum Gasteiger partial charge on any atom is 0.326 e. The van der Waals surface area contributed by atoms with Gasteiger partial charge in [0, 0.05) is 29.3 Å². The third-order valence-electron chi connectivity index (χ3n) is 5.60. The minimum absolute atomic E-state index is 0.172. The summed E-state index contributed by atoms with van der Waals surface area (Å²) in [5, 5.41) is 17.1. The van der Waals surface area contributed by atoms with Crippen LogP contribution in [-0.4, -0.2) is 75.5 Å². The average molecular weight is 550 g/mol. The van der Waals surface area contributed by atoms with Crippen LogP contribution in [0.3, 0.4) is 0 Å². The second-order valence-corrected chi connectivity index (χ2v) is 8.92. The van der Waals surface area contributed by atoms with Crippen LogP contribution in [0.5, 0.6) is 0 Å². The highest BCUT2D eigenvalue weighted by Gasteiger charge is 2.31. The number of carboxylic acid groups (broad SMARTS) is 1. The van der Waals surface area contributed by atoms with Gasteiger partial charge in [-0.2, -0.15) is 12.6 Å². The van der Waals surface area contributed by atoms with Gasteiger partial charge in [0.1, 0.15) is 18.1 Å². The fourth-order valence-electron chi connectivity index (χ4n) is 3.60. The summed E-state index contributed by atoms with van der Waals surface area (Å²) < 4.78 is 0. The first-order valence-corrected chi connectivity index (χ1v) is 12.2. The number of amides is 5. The van der Waals surface area contributed by atoms with E-state index in [1.165, 1.54) is 0 Å². The van der Waals surface area contributed by atoms with Crippen molar-refractivity contribution < 1.29 is 33.9 Å². The fraction of sp³-hybridized carbons (Fsp3) is 0.391. The Hall–Kier alpha value is -4.11. The third-order valence-corrected chi connectivity index (χ3v) is 5.96. The molecule has 4 atom stereocenters. The molecule has 4 unspecified atom stereocenters. The topological polar surface area (TPSA) is 253 Å². The number of H-pyrrole nitrogens is 1. The van der Waals surface area contributed by atoms with Crippen molar-refractivity contribution >= 4 is 59.0 Å². The van der Waals surface area contributed by atoms with Gasteiger partial charge in [0.15, 0.2) is 0 Å². The van der Waals surface area contributed by atoms with Gasteiger partial charge in [0.2, 0.25) is 29.5 Å². The molecule has 38 heavy (non-hydrogen) atoms. The number of hydrogen-bond donors (Lipinski definition) is 9. The van der Waals surface area contributed by atoms with E-state index in [-0.39, 0.29) is 25.0 Å². The molecule has 0 spiro atoms. The molecule has 2 rings (SSSR count). The average Bonchev–Trinajstić information content (AvgIpc) is 3.26. The predicted octanol–water partition coefficient (Wildman–Crippen LogP) is -2.35. The van der Waals surface area contributed by atoms with E-state index in [0.29, 0.717) is 0 Å². The Kier molecular flexibility index (Phi) is 11.1. The standard InChI is InChI=1S/C23H31N7O7S/c24-13(7-11-9-27-14-4-2-1-3-12(11)14)20(33)30-17(10-38)22(35)29-16(8-19(26)32)21(34)28-15(23(36)37)5-6-18(25)31/h1-4,9,13,15-17,27,38H,5-8,10,24H2,(H2,25,31)(H2,26,32)(H,28,34)(H,29,35)(H,30,33)(H,36,37). The monoisotopic (exact) mass is 549 g/mol. The van der Waals surface area contributed by atoms with Gasteiger partial charge in [-0.1, -0.05) is 18.2 Å². The minimum Gasteiger partial charge on any atom is -0.480 e. The first kappa shape index (κ1) is 30.1. The number of carbonyl (C=O) groups excluding carboxylic acids is 5. The number of fused-ring (bicyclic) bond motifs is 1. The summed E-state index contributed by atoms with van der Waals surface area (Å²) in [5.41, 5.74) is 17.9. The number of aromatic amines is 1. The van der Waals surface area contributed by atoms with Crippen molar-refractivity contribution in [3.8, 4) is 0 Å². The molecule has 11 N–H and O–H groups in total. The smallest absolute Gasteiger partial charge is 0.326 e. The van der Waals surface area contributed by atoms with Gasteiger partial charge in [0.25, 0.3) is 0 Å². The second-order valence-electron chi connectivity index (χ2n) is 8.55. The first-order valence-electron chi connectivity index (χ1n) is 11.5. The van der Waals surface area contributed by atoms with Crippen LogP contribution in [-0.2, 0) is 35.2 Å². The van der Waals surface area contributed by atoms with Crippen molar-refractivity contribution in [3.05, 3.63) is 36.0 Å². The van der Waals surface area contributed by atoms with Gasteiger partial charge < -0.3 is 43.2 Å². The predicted molar refractivity (Wildman–Crippen MR) is 139 cm³/mol. The van der Waals surface area contributed by atoms with Crippen molar-refractivity contribution in [1.29, 1.82) is 0 Å². The number of para-hydroxylation sites is 1. The number of carbonyl (C=O) groups is 6. The van der Waals surface area contributed by atoms with E-state index in [0.717, 1.165) is 16.5 Å². The van der Waals surface area contributed by atoms with Crippen LogP contribution in [0.15, 0.2) is 30.5 Å². The zero-order valence-corrected chi connectivity index (χ0v) is 21.2. The van der Waals surface area contributed by atoms with Gasteiger partial charge in [-0.25, -0.2) is 4.79 Å². The van der Waals surface area contributed by atoms with Crippen LogP contribution < -0.4 is 33.2 Å². The van der Waals surface area contributed by atoms with Gasteiger partial charge in [-0.3, -0.25) is 24.0 Å². The molecular formula is C23H31N7O7S. The summed E-state index contributed by atoms with van der Waals surface area (Å²) in [6.07, 6.45) is 0.619. The van der Waals surface area contributed by atoms with E-state index < -0.39 is 66.1 Å². The summed E-state index contributed by atoms with van der Waals surface area (Å²) in [6, 6.07) is 2.13. The van der Waals surface area contributed by atoms with Gasteiger partial charge in [-0.15, -0.1) is 0 Å². The number of aromatic nitrogens is 1. The van der Waals surface area contributed by atoms with E-state index in [9.17, 15) is 33.9 Å². The number of primary amides is 2. The molecule has 15 heteroatoms. The highest BCUT2D eigenvalue weighted by molar-refractivity contribution is 7.80. The van der Waals surface area contributed by atoms with Crippen LogP contribution in [0, 0.1) is 0 Å². The lowest BCUT2D eigenvalue weighted by atomic mass is 10.0. The first-order chi connectivity index (χ1) is 17.9. The summed E-state index contributed by atoms with van der Waals surface area (Å²) in [6.45, 7) is 0. The Morgan fingerprint density at radius 3 is 2.11 bits per heavy atom. The van der Waals surface area contributed by atoms with Crippen molar-refractivity contribution in [2.75, 3.05) is 5.75 Å². The number of nitrogens with two attached hydrogens (primary N) is 3. The largest absolute Gasteiger partial charge is 0.480 e. The molecule has 1 aromatic heterocycles. The Bertz CT molecular complexity index is 1200. The molecule has 0 aliphatic rings. The molecule has 0 aliphatic carbocycles. The van der Waals surface area contributed by atoms with E-state index in [1.807, 2.05) is 24.3 Å². The molecule has 0 bridgehead atoms. The van der Waals surface area contributed by atoms with E-state index in [2.05, 4.69) is 33.6 Å². The number of aliphatic carboxylic acids is 1. The molecule has 0 saturated heterocycles. The maximum atomic E-state index is 12.8. The number of rotatable bonds is 15. The molecule has 0 fully saturated rings. The minimum atomic E-state index is -1.56. The maximum absolute atomic E-state index is 12.8. The van der Waals surface area contributed by atoms with Crippen molar-refractivity contribution in [1.82, 2.24) is 20.9 Å². The van der Waals surface area contributed by atoms with Crippen LogP contribution >= 0.6 is 12.6 Å². The van der Waals surface area contributed by atoms with E-state index in [4.69, 9.17) is 17.2 Å². The van der Waals surface area contributed by atoms with E-state index >= 15 is 0 Å². The highest BCUT2D eigenvalue weighted by atomic mass is 32.1. The molecule has 206 valence electrons. The Labute approximate surface area is 222 Å². The molecule has 0 saturated carbocycles. The molecule has 0 aliphatic heterocycles. The number of hydrogen-bond acceptors (Lipinski definition) is 8. The lowest BCUT2D eigenvalue weighted by Crippen LogP contribution is -2.58. The third kappa shape index (κ3) is 8.77. The van der Waals surface area contributed by atoms with Crippen molar-refractivity contribution in [3.63, 3.8) is 0 Å². The number of benzene rings is 1. The van der Waals surface area contributed by atoms with Crippen LogP contribution in [0.25, 0.3) is 10.9 Å². The fourth-order valence-corrected chi connectivity index (χ4v) is 3.86. The normalized spacial score (nSPS) is 14.1. The Balaban J connectivity index is 2.04. The van der Waals surface area contributed by atoms with Gasteiger partial charge in [-0.05, 0) is 24.5 Å². The summed E-state index contributed by atoms with van der Waals surface area (Å²) in [4.78, 5) is 75.2. The second kappa shape index (κ2) is 14.0. The molecule has 5 amide bonds. The molecule has 1 heterocycles. The Morgan fingerprint density at radius 1 is 0.895 bits per heavy atom. The van der Waals surface area contributed by atoms with Gasteiger partial charge >= 0.3 is 5.97 Å². The summed E-state index contributed by atoms with van der Waals surface area (Å²) >= 11 is 4.07. The molecular weight excluding hydrogens is 518 g/mol. The zero-order valence-electron chi connectivity index (χ0n) is 20.3. The summed E-state index contributed by atoms with van der Waals surface area (Å²) in [7, 11) is 0. The lowest BCUT2D eigenvalue weighted by Gasteiger charge is -2.24. The van der Waals surface area contributed by atoms with E-state index in [1.54, 1.807) is 6.20 Å². The van der Waals surface area contributed by atoms with Crippen molar-refractivity contribution in [2.45, 2.75) is 49.9 Å². The quantitative estimate of drug-likeness (QED) is 0.108. The lowest BCUT2D eigenvalue weighted by molar-refractivity contribution is -0.142. The van der Waals surface area contributed by atoms with Crippen molar-refractivity contribution in [2.24, 2.45) is 17.2 Å². The number of nitrogens with one attached hydrogen (secondary N) is 4. The highest BCUT2D eigenvalue weighted by Crippen LogP contribution is 2.18. The van der Waals surface area contributed by atoms with Crippen LogP contribution in [0.2, 0.25) is 0 Å². The van der Waals surface area contributed by atoms with Crippen LogP contribution in [0.4, 0.5) is 0 Å². The van der Waals surface area contributed by atoms with Crippen LogP contribution in [0.1, 0.15) is 24.8 Å². The number of carboxylic acids is 1. The Morgan fingerprint density at radius 2 is 1.50 bits per heavy atom. The SMILES string of the molecule is NC(=O)CCC(NC(=O)C(CC(N)=O)NC(=O)C(CS)NC(=O)C(N)Cc1c[nH]c2ccccc12)C(=O)O. The zero-order chi connectivity index (χ0) is 28.4. The molecule has 1 aromatic carbocycles.